The molecule has 1 saturated heterocycles. The van der Waals surface area contributed by atoms with Crippen molar-refractivity contribution < 1.29 is 9.53 Å². The first-order chi connectivity index (χ1) is 10.8. The molecule has 5 nitrogen and oxygen atoms in total. The number of morpholine rings is 1. The summed E-state index contributed by atoms with van der Waals surface area (Å²) in [6.07, 6.45) is 1.50. The number of hydrogen-bond donors (Lipinski definition) is 2. The van der Waals surface area contributed by atoms with Crippen LogP contribution >= 0.6 is 0 Å². The van der Waals surface area contributed by atoms with E-state index in [1.807, 2.05) is 12.1 Å². The van der Waals surface area contributed by atoms with Crippen LogP contribution < -0.4 is 10.6 Å². The van der Waals surface area contributed by atoms with E-state index in [9.17, 15) is 4.79 Å². The average Bonchev–Trinajstić information content (AvgIpc) is 2.56. The second-order valence-electron chi connectivity index (χ2n) is 5.49. The largest absolute Gasteiger partial charge is 0.384 e. The number of benzene rings is 1. The zero-order valence-corrected chi connectivity index (χ0v) is 13.4. The standard InChI is InChI=1S/C17H27N3O2/c1-2-15-5-3-4-6-16(15)18-8-7-17(21)19-9-10-20-11-13-22-14-12-20/h3-6,18H,2,7-14H2,1H3,(H,19,21). The maximum absolute atomic E-state index is 11.8. The highest BCUT2D eigenvalue weighted by Gasteiger charge is 2.10. The molecule has 2 rings (SSSR count). The van der Waals surface area contributed by atoms with Gasteiger partial charge in [-0.15, -0.1) is 0 Å². The van der Waals surface area contributed by atoms with Crippen molar-refractivity contribution in [3.63, 3.8) is 0 Å². The summed E-state index contributed by atoms with van der Waals surface area (Å²) in [4.78, 5) is 14.2. The lowest BCUT2D eigenvalue weighted by atomic mass is 10.1. The van der Waals surface area contributed by atoms with Gasteiger partial charge < -0.3 is 15.4 Å². The Morgan fingerprint density at radius 2 is 2.00 bits per heavy atom. The summed E-state index contributed by atoms with van der Waals surface area (Å²) in [5.41, 5.74) is 2.42. The summed E-state index contributed by atoms with van der Waals surface area (Å²) in [5.74, 6) is 0.106. The molecule has 0 atom stereocenters. The van der Waals surface area contributed by atoms with Gasteiger partial charge in [0, 0.05) is 44.8 Å². The molecule has 0 bridgehead atoms. The number of hydrogen-bond acceptors (Lipinski definition) is 4. The highest BCUT2D eigenvalue weighted by molar-refractivity contribution is 5.76. The minimum atomic E-state index is 0.106. The summed E-state index contributed by atoms with van der Waals surface area (Å²) >= 11 is 0. The lowest BCUT2D eigenvalue weighted by molar-refractivity contribution is -0.120. The summed E-state index contributed by atoms with van der Waals surface area (Å²) in [7, 11) is 0. The Hall–Kier alpha value is -1.59. The molecule has 1 aliphatic rings. The van der Waals surface area contributed by atoms with Gasteiger partial charge in [0.05, 0.1) is 13.2 Å². The van der Waals surface area contributed by atoms with E-state index in [0.717, 1.165) is 45.0 Å². The number of carbonyl (C=O) groups is 1. The van der Waals surface area contributed by atoms with Crippen molar-refractivity contribution in [3.8, 4) is 0 Å². The van der Waals surface area contributed by atoms with Gasteiger partial charge in [-0.3, -0.25) is 9.69 Å². The second kappa shape index (κ2) is 9.43. The van der Waals surface area contributed by atoms with E-state index in [1.54, 1.807) is 0 Å². The van der Waals surface area contributed by atoms with Crippen LogP contribution in [0.15, 0.2) is 24.3 Å². The number of amides is 1. The average molecular weight is 305 g/mol. The minimum Gasteiger partial charge on any atom is -0.384 e. The minimum absolute atomic E-state index is 0.106. The van der Waals surface area contributed by atoms with Gasteiger partial charge in [0.2, 0.25) is 5.91 Å². The third-order valence-corrected chi connectivity index (χ3v) is 3.92. The van der Waals surface area contributed by atoms with Gasteiger partial charge in [-0.2, -0.15) is 0 Å². The summed E-state index contributed by atoms with van der Waals surface area (Å²) in [6, 6.07) is 8.24. The van der Waals surface area contributed by atoms with Crippen LogP contribution in [-0.4, -0.2) is 56.7 Å². The molecule has 5 heteroatoms. The highest BCUT2D eigenvalue weighted by Crippen LogP contribution is 2.14. The van der Waals surface area contributed by atoms with Crippen molar-refractivity contribution in [2.75, 3.05) is 51.3 Å². The molecule has 0 radical (unpaired) electrons. The van der Waals surface area contributed by atoms with Crippen LogP contribution in [0.3, 0.4) is 0 Å². The van der Waals surface area contributed by atoms with Crippen molar-refractivity contribution in [3.05, 3.63) is 29.8 Å². The Morgan fingerprint density at radius 3 is 2.77 bits per heavy atom. The van der Waals surface area contributed by atoms with Crippen molar-refractivity contribution >= 4 is 11.6 Å². The number of nitrogens with one attached hydrogen (secondary N) is 2. The van der Waals surface area contributed by atoms with Crippen LogP contribution in [0.25, 0.3) is 0 Å². The number of ether oxygens (including phenoxy) is 1. The smallest absolute Gasteiger partial charge is 0.221 e. The first-order valence-electron chi connectivity index (χ1n) is 8.18. The Morgan fingerprint density at radius 1 is 1.23 bits per heavy atom. The zero-order valence-electron chi connectivity index (χ0n) is 13.4. The van der Waals surface area contributed by atoms with Crippen molar-refractivity contribution in [1.29, 1.82) is 0 Å². The lowest BCUT2D eigenvalue weighted by Gasteiger charge is -2.26. The normalized spacial score (nSPS) is 15.5. The van der Waals surface area contributed by atoms with E-state index in [1.165, 1.54) is 5.56 Å². The molecule has 1 aromatic rings. The Bertz CT molecular complexity index is 459. The van der Waals surface area contributed by atoms with E-state index in [4.69, 9.17) is 4.74 Å². The predicted molar refractivity (Wildman–Crippen MR) is 89.2 cm³/mol. The van der Waals surface area contributed by atoms with Crippen LogP contribution in [0.1, 0.15) is 18.9 Å². The fourth-order valence-electron chi connectivity index (χ4n) is 2.58. The molecule has 22 heavy (non-hydrogen) atoms. The molecule has 0 saturated carbocycles. The zero-order chi connectivity index (χ0) is 15.6. The SMILES string of the molecule is CCc1ccccc1NCCC(=O)NCCN1CCOCC1. The van der Waals surface area contributed by atoms with Crippen molar-refractivity contribution in [2.45, 2.75) is 19.8 Å². The van der Waals surface area contributed by atoms with E-state index >= 15 is 0 Å². The molecule has 2 N–H and O–H groups in total. The van der Waals surface area contributed by atoms with Gasteiger partial charge in [0.15, 0.2) is 0 Å². The molecule has 1 fully saturated rings. The molecule has 0 aliphatic carbocycles. The predicted octanol–water partition coefficient (Wildman–Crippen LogP) is 1.50. The van der Waals surface area contributed by atoms with Crippen LogP contribution in [-0.2, 0) is 16.0 Å². The topological polar surface area (TPSA) is 53.6 Å². The van der Waals surface area contributed by atoms with Crippen LogP contribution in [0.5, 0.6) is 0 Å². The van der Waals surface area contributed by atoms with Gasteiger partial charge in [0.1, 0.15) is 0 Å². The number of nitrogens with zero attached hydrogens (tertiary/aromatic N) is 1. The van der Waals surface area contributed by atoms with Crippen LogP contribution in [0.2, 0.25) is 0 Å². The van der Waals surface area contributed by atoms with E-state index in [-0.39, 0.29) is 5.91 Å². The van der Waals surface area contributed by atoms with E-state index in [2.05, 4.69) is 34.6 Å². The summed E-state index contributed by atoms with van der Waals surface area (Å²) in [5, 5.41) is 6.33. The van der Waals surface area contributed by atoms with Crippen molar-refractivity contribution in [2.24, 2.45) is 0 Å². The second-order valence-corrected chi connectivity index (χ2v) is 5.49. The van der Waals surface area contributed by atoms with Gasteiger partial charge in [-0.05, 0) is 18.1 Å². The van der Waals surface area contributed by atoms with Gasteiger partial charge in [-0.25, -0.2) is 0 Å². The molecule has 0 aromatic heterocycles. The number of carbonyl (C=O) groups excluding carboxylic acids is 1. The number of anilines is 1. The Labute approximate surface area is 133 Å². The molecule has 0 spiro atoms. The lowest BCUT2D eigenvalue weighted by Crippen LogP contribution is -2.41. The fraction of sp³-hybridized carbons (Fsp3) is 0.588. The van der Waals surface area contributed by atoms with Crippen LogP contribution in [0.4, 0.5) is 5.69 Å². The molecule has 1 amide bonds. The highest BCUT2D eigenvalue weighted by atomic mass is 16.5. The molecule has 1 aromatic carbocycles. The monoisotopic (exact) mass is 305 g/mol. The molecule has 1 heterocycles. The molecule has 0 unspecified atom stereocenters. The van der Waals surface area contributed by atoms with Gasteiger partial charge in [-0.1, -0.05) is 25.1 Å². The van der Waals surface area contributed by atoms with E-state index < -0.39 is 0 Å². The van der Waals surface area contributed by atoms with Crippen molar-refractivity contribution in [1.82, 2.24) is 10.2 Å². The number of para-hydroxylation sites is 1. The molecule has 1 aliphatic heterocycles. The molecular formula is C17H27N3O2. The Balaban J connectivity index is 1.59. The first-order valence-corrected chi connectivity index (χ1v) is 8.18. The first kappa shape index (κ1) is 16.8. The summed E-state index contributed by atoms with van der Waals surface area (Å²) < 4.78 is 5.30. The molecule has 122 valence electrons. The van der Waals surface area contributed by atoms with Crippen LogP contribution in [0, 0.1) is 0 Å². The quantitative estimate of drug-likeness (QED) is 0.764. The third-order valence-electron chi connectivity index (χ3n) is 3.92. The third kappa shape index (κ3) is 5.66. The Kier molecular flexibility index (Phi) is 7.19. The number of aryl methyl sites for hydroxylation is 1. The maximum Gasteiger partial charge on any atom is 0.221 e. The summed E-state index contributed by atoms with van der Waals surface area (Å²) in [6.45, 7) is 7.95. The van der Waals surface area contributed by atoms with Gasteiger partial charge >= 0.3 is 0 Å². The molecular weight excluding hydrogens is 278 g/mol. The van der Waals surface area contributed by atoms with Gasteiger partial charge in [0.25, 0.3) is 0 Å². The fourth-order valence-corrected chi connectivity index (χ4v) is 2.58. The number of rotatable bonds is 8. The maximum atomic E-state index is 11.8. The van der Waals surface area contributed by atoms with E-state index in [0.29, 0.717) is 19.5 Å².